The molecule has 0 aliphatic heterocycles. The minimum absolute atomic E-state index is 0.106. The first-order valence-corrected chi connectivity index (χ1v) is 2.90. The molecule has 3 nitrogen and oxygen atoms in total. The van der Waals surface area contributed by atoms with Crippen LogP contribution in [0.1, 0.15) is 6.92 Å². The molecule has 0 aliphatic carbocycles. The fourth-order valence-corrected chi connectivity index (χ4v) is 0.452. The van der Waals surface area contributed by atoms with Gasteiger partial charge in [0.05, 0.1) is 0 Å². The number of amides is 1. The van der Waals surface area contributed by atoms with E-state index >= 15 is 0 Å². The molecule has 0 atom stereocenters. The highest BCUT2D eigenvalue weighted by Gasteiger charge is 2.05. The molecule has 0 spiro atoms. The fourth-order valence-electron chi connectivity index (χ4n) is 0.366. The summed E-state index contributed by atoms with van der Waals surface area (Å²) in [6.07, 6.45) is 0. The molecule has 0 aromatic heterocycles. The third-order valence-electron chi connectivity index (χ3n) is 0.866. The van der Waals surface area contributed by atoms with Gasteiger partial charge in [0, 0.05) is 14.1 Å². The van der Waals surface area contributed by atoms with Gasteiger partial charge in [0.15, 0.2) is 0 Å². The second-order valence-electron chi connectivity index (χ2n) is 1.88. The van der Waals surface area contributed by atoms with Crippen molar-refractivity contribution >= 4 is 24.4 Å². The van der Waals surface area contributed by atoms with Gasteiger partial charge in [-0.3, -0.25) is 4.79 Å². The number of carbonyl (C=O) groups is 1. The van der Waals surface area contributed by atoms with Crippen LogP contribution in [0.25, 0.3) is 0 Å². The molecule has 0 aliphatic rings. The summed E-state index contributed by atoms with van der Waals surface area (Å²) in [5.41, 5.74) is 0.406. The Morgan fingerprint density at radius 3 is 2.11 bits per heavy atom. The second kappa shape index (κ2) is 3.50. The Labute approximate surface area is 60.3 Å². The van der Waals surface area contributed by atoms with E-state index in [1.807, 2.05) is 0 Å². The van der Waals surface area contributed by atoms with Gasteiger partial charge >= 0.3 is 0 Å². The maximum atomic E-state index is 10.8. The average Bonchev–Trinajstić information content (AvgIpc) is 1.84. The van der Waals surface area contributed by atoms with Gasteiger partial charge in [0.2, 0.25) is 0 Å². The van der Waals surface area contributed by atoms with Crippen molar-refractivity contribution in [2.75, 3.05) is 14.1 Å². The summed E-state index contributed by atoms with van der Waals surface area (Å²) in [5, 5.41) is 0. The normalized spacial score (nSPS) is 11.3. The first kappa shape index (κ1) is 8.49. The van der Waals surface area contributed by atoms with E-state index in [-0.39, 0.29) is 5.91 Å². The molecule has 0 rings (SSSR count). The molecule has 4 heteroatoms. The van der Waals surface area contributed by atoms with E-state index in [1.54, 1.807) is 21.0 Å². The average molecular weight is 146 g/mol. The number of rotatable bonds is 1. The zero-order valence-electron chi connectivity index (χ0n) is 5.75. The molecule has 9 heavy (non-hydrogen) atoms. The molecule has 0 radical (unpaired) electrons. The lowest BCUT2D eigenvalue weighted by atomic mass is 10.4. The summed E-state index contributed by atoms with van der Waals surface area (Å²) in [5.74, 6) is -0.106. The van der Waals surface area contributed by atoms with E-state index in [9.17, 15) is 4.79 Å². The SMILES string of the molecule is CC(=NS)C(=O)N(C)C. The van der Waals surface area contributed by atoms with Gasteiger partial charge in [0.25, 0.3) is 5.91 Å². The summed E-state index contributed by atoms with van der Waals surface area (Å²) in [7, 11) is 3.34. The molecule has 52 valence electrons. The quantitative estimate of drug-likeness (QED) is 0.421. The van der Waals surface area contributed by atoms with Crippen LogP contribution < -0.4 is 0 Å². The number of nitrogens with zero attached hydrogens (tertiary/aromatic N) is 2. The fraction of sp³-hybridized carbons (Fsp3) is 0.600. The first-order chi connectivity index (χ1) is 4.09. The van der Waals surface area contributed by atoms with Gasteiger partial charge in [0.1, 0.15) is 5.71 Å². The van der Waals surface area contributed by atoms with E-state index in [1.165, 1.54) is 4.90 Å². The molecule has 1 amide bonds. The van der Waals surface area contributed by atoms with Gasteiger partial charge in [-0.05, 0) is 19.7 Å². The number of hydrogen-bond acceptors (Lipinski definition) is 3. The number of hydrogen-bond donors (Lipinski definition) is 1. The topological polar surface area (TPSA) is 32.7 Å². The van der Waals surface area contributed by atoms with Gasteiger partial charge in [-0.15, -0.1) is 0 Å². The third kappa shape index (κ3) is 2.51. The van der Waals surface area contributed by atoms with Crippen LogP contribution in [-0.4, -0.2) is 30.6 Å². The van der Waals surface area contributed by atoms with Crippen LogP contribution >= 0.6 is 12.8 Å². The zero-order valence-corrected chi connectivity index (χ0v) is 6.64. The third-order valence-corrected chi connectivity index (χ3v) is 1.17. The standard InChI is InChI=1S/C5H10N2OS/c1-4(6-9)5(8)7(2)3/h9H,1-3H3. The Kier molecular flexibility index (Phi) is 3.30. The lowest BCUT2D eigenvalue weighted by Gasteiger charge is -2.07. The van der Waals surface area contributed by atoms with Crippen LogP contribution in [0.15, 0.2) is 4.40 Å². The lowest BCUT2D eigenvalue weighted by Crippen LogP contribution is -2.27. The van der Waals surface area contributed by atoms with E-state index < -0.39 is 0 Å². The molecular weight excluding hydrogens is 136 g/mol. The Bertz CT molecular complexity index is 142. The monoisotopic (exact) mass is 146 g/mol. The first-order valence-electron chi connectivity index (χ1n) is 2.50. The van der Waals surface area contributed by atoms with Gasteiger partial charge < -0.3 is 4.90 Å². The van der Waals surface area contributed by atoms with Gasteiger partial charge in [-0.1, -0.05) is 0 Å². The largest absolute Gasteiger partial charge is 0.344 e. The minimum atomic E-state index is -0.106. The summed E-state index contributed by atoms with van der Waals surface area (Å²) < 4.78 is 3.43. The predicted molar refractivity (Wildman–Crippen MR) is 40.8 cm³/mol. The van der Waals surface area contributed by atoms with Crippen molar-refractivity contribution < 1.29 is 4.79 Å². The van der Waals surface area contributed by atoms with E-state index in [0.29, 0.717) is 5.71 Å². The molecular formula is C5H10N2OS. The Balaban J connectivity index is 4.06. The van der Waals surface area contributed by atoms with Crippen LogP contribution in [0.3, 0.4) is 0 Å². The summed E-state index contributed by atoms with van der Waals surface area (Å²) in [6.45, 7) is 1.62. The van der Waals surface area contributed by atoms with E-state index in [4.69, 9.17) is 0 Å². The highest BCUT2D eigenvalue weighted by atomic mass is 32.1. The molecule has 0 saturated heterocycles. The van der Waals surface area contributed by atoms with Crippen molar-refractivity contribution in [3.05, 3.63) is 0 Å². The van der Waals surface area contributed by atoms with Crippen LogP contribution in [-0.2, 0) is 4.79 Å². The lowest BCUT2D eigenvalue weighted by molar-refractivity contribution is -0.121. The van der Waals surface area contributed by atoms with Gasteiger partial charge in [-0.2, -0.15) is 0 Å². The maximum absolute atomic E-state index is 10.8. The van der Waals surface area contributed by atoms with Crippen molar-refractivity contribution in [3.63, 3.8) is 0 Å². The summed E-state index contributed by atoms with van der Waals surface area (Å²) in [4.78, 5) is 12.3. The van der Waals surface area contributed by atoms with Crippen molar-refractivity contribution in [2.45, 2.75) is 6.92 Å². The zero-order chi connectivity index (χ0) is 7.44. The second-order valence-corrected chi connectivity index (χ2v) is 2.08. The molecule has 0 heterocycles. The van der Waals surface area contributed by atoms with Crippen LogP contribution in [0.2, 0.25) is 0 Å². The summed E-state index contributed by atoms with van der Waals surface area (Å²) in [6, 6.07) is 0. The van der Waals surface area contributed by atoms with Crippen LogP contribution in [0.4, 0.5) is 0 Å². The van der Waals surface area contributed by atoms with Crippen molar-refractivity contribution in [1.29, 1.82) is 0 Å². The number of thiol groups is 1. The van der Waals surface area contributed by atoms with E-state index in [0.717, 1.165) is 0 Å². The molecule has 0 bridgehead atoms. The highest BCUT2D eigenvalue weighted by molar-refractivity contribution is 7.79. The maximum Gasteiger partial charge on any atom is 0.268 e. The highest BCUT2D eigenvalue weighted by Crippen LogP contribution is 1.86. The van der Waals surface area contributed by atoms with Crippen molar-refractivity contribution in [1.82, 2.24) is 4.90 Å². The Hall–Kier alpha value is -0.510. The van der Waals surface area contributed by atoms with Crippen molar-refractivity contribution in [3.8, 4) is 0 Å². The van der Waals surface area contributed by atoms with Crippen LogP contribution in [0, 0.1) is 0 Å². The Morgan fingerprint density at radius 1 is 1.56 bits per heavy atom. The molecule has 0 unspecified atom stereocenters. The molecule has 0 aromatic carbocycles. The van der Waals surface area contributed by atoms with Crippen molar-refractivity contribution in [2.24, 2.45) is 4.40 Å². The Morgan fingerprint density at radius 2 is 2.00 bits per heavy atom. The number of carbonyl (C=O) groups excluding carboxylic acids is 1. The molecule has 0 fully saturated rings. The summed E-state index contributed by atoms with van der Waals surface area (Å²) >= 11 is 3.59. The molecule has 0 aromatic rings. The molecule has 0 saturated carbocycles. The predicted octanol–water partition coefficient (Wildman–Crippen LogP) is 0.380. The molecule has 0 N–H and O–H groups in total. The van der Waals surface area contributed by atoms with E-state index in [2.05, 4.69) is 17.2 Å². The smallest absolute Gasteiger partial charge is 0.268 e. The van der Waals surface area contributed by atoms with Gasteiger partial charge in [-0.25, -0.2) is 4.40 Å². The minimum Gasteiger partial charge on any atom is -0.344 e. The van der Waals surface area contributed by atoms with Crippen LogP contribution in [0.5, 0.6) is 0 Å².